The summed E-state index contributed by atoms with van der Waals surface area (Å²) in [4.78, 5) is 1.14. The van der Waals surface area contributed by atoms with E-state index in [-0.39, 0.29) is 6.10 Å². The van der Waals surface area contributed by atoms with E-state index in [1.54, 1.807) is 11.3 Å². The summed E-state index contributed by atoms with van der Waals surface area (Å²) in [7, 11) is 0. The van der Waals surface area contributed by atoms with Crippen LogP contribution in [-0.4, -0.2) is 11.7 Å². The van der Waals surface area contributed by atoms with Crippen molar-refractivity contribution in [2.75, 3.05) is 6.54 Å². The molecule has 0 radical (unpaired) electrons. The second-order valence-electron chi connectivity index (χ2n) is 3.59. The molecule has 1 aromatic heterocycles. The van der Waals surface area contributed by atoms with Gasteiger partial charge >= 0.3 is 0 Å². The van der Waals surface area contributed by atoms with E-state index in [2.05, 4.69) is 23.5 Å². The minimum Gasteiger partial charge on any atom is -0.386 e. The number of nitrogens with one attached hydrogen (secondary N) is 1. The highest BCUT2D eigenvalue weighted by Crippen LogP contribution is 2.36. The Morgan fingerprint density at radius 3 is 2.88 bits per heavy atom. The van der Waals surface area contributed by atoms with Gasteiger partial charge in [0.15, 0.2) is 0 Å². The molecule has 0 saturated carbocycles. The van der Waals surface area contributed by atoms with Crippen LogP contribution in [0.25, 0.3) is 10.1 Å². The Hall–Kier alpha value is -0.900. The van der Waals surface area contributed by atoms with E-state index < -0.39 is 0 Å². The van der Waals surface area contributed by atoms with E-state index in [0.29, 0.717) is 6.54 Å². The fourth-order valence-corrected chi connectivity index (χ4v) is 3.21. The number of hydrogen-bond donors (Lipinski definition) is 2. The van der Waals surface area contributed by atoms with Gasteiger partial charge in [-0.1, -0.05) is 32.0 Å². The van der Waals surface area contributed by atoms with Gasteiger partial charge in [-0.25, -0.2) is 0 Å². The van der Waals surface area contributed by atoms with Crippen LogP contribution in [0.2, 0.25) is 0 Å². The first kappa shape index (κ1) is 11.6. The molecule has 2 aromatic rings. The molecule has 1 atom stereocenters. The fraction of sp³-hybridized carbons (Fsp3) is 0.385. The average Bonchev–Trinajstić information content (AvgIpc) is 2.72. The third-order valence-corrected chi connectivity index (χ3v) is 3.99. The molecule has 2 heterocycles. The van der Waals surface area contributed by atoms with Gasteiger partial charge in [0.25, 0.3) is 0 Å². The molecular formula is C13H17NOS. The highest BCUT2D eigenvalue weighted by atomic mass is 32.1. The third-order valence-electron chi connectivity index (χ3n) is 2.67. The summed E-state index contributed by atoms with van der Waals surface area (Å²) in [6.45, 7) is 5.57. The molecule has 2 nitrogen and oxygen atoms in total. The number of rotatable bonds is 0. The van der Waals surface area contributed by atoms with Gasteiger partial charge in [-0.05, 0) is 17.0 Å². The lowest BCUT2D eigenvalue weighted by Gasteiger charge is -2.18. The maximum absolute atomic E-state index is 9.81. The number of aliphatic hydroxyl groups is 1. The lowest BCUT2D eigenvalue weighted by molar-refractivity contribution is 0.169. The maximum Gasteiger partial charge on any atom is 0.101 e. The number of thiophene rings is 1. The van der Waals surface area contributed by atoms with Crippen molar-refractivity contribution < 1.29 is 5.11 Å². The summed E-state index contributed by atoms with van der Waals surface area (Å²) < 4.78 is 1.28. The van der Waals surface area contributed by atoms with E-state index in [0.717, 1.165) is 11.4 Å². The zero-order valence-corrected chi connectivity index (χ0v) is 10.5. The molecule has 16 heavy (non-hydrogen) atoms. The van der Waals surface area contributed by atoms with Crippen LogP contribution in [0.3, 0.4) is 0 Å². The molecule has 1 aliphatic rings. The zero-order valence-electron chi connectivity index (χ0n) is 9.66. The van der Waals surface area contributed by atoms with Gasteiger partial charge in [0.2, 0.25) is 0 Å². The van der Waals surface area contributed by atoms with E-state index in [4.69, 9.17) is 0 Å². The van der Waals surface area contributed by atoms with E-state index in [1.165, 1.54) is 15.6 Å². The van der Waals surface area contributed by atoms with Crippen LogP contribution < -0.4 is 5.32 Å². The molecule has 2 N–H and O–H groups in total. The first-order valence-corrected chi connectivity index (χ1v) is 6.57. The number of aliphatic hydroxyl groups excluding tert-OH is 1. The highest BCUT2D eigenvalue weighted by molar-refractivity contribution is 7.19. The molecule has 1 unspecified atom stereocenters. The third kappa shape index (κ3) is 1.86. The fourth-order valence-electron chi connectivity index (χ4n) is 2.00. The van der Waals surface area contributed by atoms with Gasteiger partial charge in [-0.15, -0.1) is 11.3 Å². The Morgan fingerprint density at radius 1 is 1.31 bits per heavy atom. The van der Waals surface area contributed by atoms with Gasteiger partial charge in [0.05, 0.1) is 0 Å². The van der Waals surface area contributed by atoms with Crippen molar-refractivity contribution in [1.82, 2.24) is 5.32 Å². The van der Waals surface area contributed by atoms with Crippen LogP contribution in [0.1, 0.15) is 30.4 Å². The molecule has 86 valence electrons. The molecule has 0 fully saturated rings. The predicted molar refractivity (Wildman–Crippen MR) is 69.8 cm³/mol. The van der Waals surface area contributed by atoms with Crippen LogP contribution in [-0.2, 0) is 6.54 Å². The minimum atomic E-state index is -0.323. The first-order valence-electron chi connectivity index (χ1n) is 5.75. The maximum atomic E-state index is 9.81. The smallest absolute Gasteiger partial charge is 0.101 e. The lowest BCUT2D eigenvalue weighted by atomic mass is 10.1. The predicted octanol–water partition coefficient (Wildman–Crippen LogP) is 3.06. The summed E-state index contributed by atoms with van der Waals surface area (Å²) in [6, 6.07) is 8.34. The molecule has 1 aliphatic heterocycles. The summed E-state index contributed by atoms with van der Waals surface area (Å²) in [5.74, 6) is 0. The summed E-state index contributed by atoms with van der Waals surface area (Å²) in [5, 5.41) is 14.3. The highest BCUT2D eigenvalue weighted by Gasteiger charge is 2.21. The second-order valence-corrected chi connectivity index (χ2v) is 4.67. The first-order chi connectivity index (χ1) is 7.86. The Kier molecular flexibility index (Phi) is 3.59. The molecule has 0 bridgehead atoms. The second kappa shape index (κ2) is 4.95. The molecule has 3 heteroatoms. The SMILES string of the molecule is CC.OC1CNCc2c1sc1ccccc21. The van der Waals surface area contributed by atoms with E-state index in [9.17, 15) is 5.11 Å². The van der Waals surface area contributed by atoms with Crippen LogP contribution in [0.4, 0.5) is 0 Å². The van der Waals surface area contributed by atoms with Crippen LogP contribution in [0, 0.1) is 0 Å². The lowest BCUT2D eigenvalue weighted by Crippen LogP contribution is -2.26. The molecule has 1 aromatic carbocycles. The van der Waals surface area contributed by atoms with Crippen LogP contribution in [0.5, 0.6) is 0 Å². The molecule has 0 aliphatic carbocycles. The van der Waals surface area contributed by atoms with Crippen molar-refractivity contribution in [3.63, 3.8) is 0 Å². The summed E-state index contributed by atoms with van der Waals surface area (Å²) >= 11 is 1.72. The van der Waals surface area contributed by atoms with Gasteiger partial charge in [-0.3, -0.25) is 0 Å². The van der Waals surface area contributed by atoms with Gasteiger partial charge in [0, 0.05) is 22.7 Å². The minimum absolute atomic E-state index is 0.323. The van der Waals surface area contributed by atoms with E-state index in [1.807, 2.05) is 19.9 Å². The largest absolute Gasteiger partial charge is 0.386 e. The van der Waals surface area contributed by atoms with Crippen molar-refractivity contribution in [1.29, 1.82) is 0 Å². The normalized spacial score (nSPS) is 18.8. The van der Waals surface area contributed by atoms with Crippen molar-refractivity contribution in [3.8, 4) is 0 Å². The number of hydrogen-bond acceptors (Lipinski definition) is 3. The molecular weight excluding hydrogens is 218 g/mol. The Bertz CT molecular complexity index is 478. The Labute approximate surface area is 99.9 Å². The van der Waals surface area contributed by atoms with Gasteiger partial charge < -0.3 is 10.4 Å². The molecule has 3 rings (SSSR count). The monoisotopic (exact) mass is 235 g/mol. The molecule has 0 spiro atoms. The summed E-state index contributed by atoms with van der Waals surface area (Å²) in [6.07, 6.45) is -0.323. The molecule has 0 amide bonds. The molecule has 0 saturated heterocycles. The number of β-amino-alcohol motifs (C(OH)–C–C–N with tert-alkyl or cyclic N) is 1. The van der Waals surface area contributed by atoms with Crippen LogP contribution >= 0.6 is 11.3 Å². The Balaban J connectivity index is 0.000000457. The van der Waals surface area contributed by atoms with Crippen molar-refractivity contribution >= 4 is 21.4 Å². The number of benzene rings is 1. The van der Waals surface area contributed by atoms with Gasteiger partial charge in [-0.2, -0.15) is 0 Å². The van der Waals surface area contributed by atoms with Crippen molar-refractivity contribution in [2.24, 2.45) is 0 Å². The standard InChI is InChI=1S/C11H11NOS.C2H6/c13-9-6-12-5-8-7-3-1-2-4-10(7)14-11(8)9;1-2/h1-4,9,12-13H,5-6H2;1-2H3. The van der Waals surface area contributed by atoms with Crippen molar-refractivity contribution in [3.05, 3.63) is 34.7 Å². The quantitative estimate of drug-likeness (QED) is 0.735. The van der Waals surface area contributed by atoms with E-state index >= 15 is 0 Å². The zero-order chi connectivity index (χ0) is 11.5. The Morgan fingerprint density at radius 2 is 2.06 bits per heavy atom. The van der Waals surface area contributed by atoms with Crippen molar-refractivity contribution in [2.45, 2.75) is 26.5 Å². The number of fused-ring (bicyclic) bond motifs is 3. The summed E-state index contributed by atoms with van der Waals surface area (Å²) in [5.41, 5.74) is 1.28. The van der Waals surface area contributed by atoms with Gasteiger partial charge in [0.1, 0.15) is 6.10 Å². The topological polar surface area (TPSA) is 32.3 Å². The van der Waals surface area contributed by atoms with Crippen LogP contribution in [0.15, 0.2) is 24.3 Å². The average molecular weight is 235 g/mol.